The van der Waals surface area contributed by atoms with Gasteiger partial charge in [0.05, 0.1) is 55.0 Å². The highest BCUT2D eigenvalue weighted by atomic mass is 19.1. The molecule has 0 unspecified atom stereocenters. The third-order valence-electron chi connectivity index (χ3n) is 12.9. The van der Waals surface area contributed by atoms with Gasteiger partial charge in [0.1, 0.15) is 41.4 Å². The molecule has 0 saturated carbocycles. The first-order chi connectivity index (χ1) is 28.2. The minimum atomic E-state index is -1.98. The Morgan fingerprint density at radius 2 is 1.78 bits per heavy atom. The monoisotopic (exact) mass is 845 g/mol. The fourth-order valence-corrected chi connectivity index (χ4v) is 9.21. The van der Waals surface area contributed by atoms with Crippen molar-refractivity contribution in [2.24, 2.45) is 23.7 Å². The molecule has 2 bridgehead atoms. The molecule has 4 saturated heterocycles. The number of halogens is 1. The maximum Gasteiger partial charge on any atom is 0.414 e. The van der Waals surface area contributed by atoms with Gasteiger partial charge >= 0.3 is 12.1 Å². The van der Waals surface area contributed by atoms with E-state index >= 15 is 0 Å². The Hall–Kier alpha value is -3.91. The summed E-state index contributed by atoms with van der Waals surface area (Å²) in [5.41, 5.74) is -2.17. The lowest BCUT2D eigenvalue weighted by Gasteiger charge is -2.46. The van der Waals surface area contributed by atoms with E-state index in [2.05, 4.69) is 10.3 Å². The number of hydrogen-bond donors (Lipinski definition) is 3. The molecule has 4 fully saturated rings. The fourth-order valence-electron chi connectivity index (χ4n) is 9.21. The minimum absolute atomic E-state index is 0.0306. The molecule has 5 heterocycles. The molecule has 1 aromatic heterocycles. The highest BCUT2D eigenvalue weighted by Gasteiger charge is 2.55. The fraction of sp³-hybridized carbons (Fsp3) is 0.714. The van der Waals surface area contributed by atoms with Crippen LogP contribution in [0.15, 0.2) is 30.5 Å². The van der Waals surface area contributed by atoms with Gasteiger partial charge in [-0.15, -0.1) is 5.10 Å². The normalized spacial score (nSPS) is 38.2. The topological polar surface area (TPSA) is 212 Å². The quantitative estimate of drug-likeness (QED) is 0.232. The van der Waals surface area contributed by atoms with Crippen LogP contribution in [0.3, 0.4) is 0 Å². The van der Waals surface area contributed by atoms with E-state index in [1.54, 1.807) is 37.7 Å². The first-order valence-corrected chi connectivity index (χ1v) is 20.9. The molecule has 17 nitrogen and oxygen atoms in total. The number of amides is 1. The van der Waals surface area contributed by atoms with E-state index in [0.717, 1.165) is 0 Å². The lowest BCUT2D eigenvalue weighted by Crippen LogP contribution is -2.59. The highest BCUT2D eigenvalue weighted by molar-refractivity contribution is 6.00. The van der Waals surface area contributed by atoms with Crippen LogP contribution in [0.4, 0.5) is 14.9 Å². The molecule has 1 amide bonds. The number of carbonyl (C=O) groups is 4. The van der Waals surface area contributed by atoms with Crippen molar-refractivity contribution in [3.05, 3.63) is 42.0 Å². The van der Waals surface area contributed by atoms with E-state index in [1.807, 2.05) is 18.9 Å². The minimum Gasteiger partial charge on any atom is -0.459 e. The van der Waals surface area contributed by atoms with Crippen LogP contribution in [-0.2, 0) is 51.0 Å². The average molecular weight is 846 g/mol. The van der Waals surface area contributed by atoms with Crippen molar-refractivity contribution in [3.63, 3.8) is 0 Å². The number of anilines is 1. The number of carbonyl (C=O) groups excluding carboxylic acids is 4. The molecule has 18 heteroatoms. The number of cyclic esters (lactones) is 2. The van der Waals surface area contributed by atoms with Crippen LogP contribution in [0.25, 0.3) is 0 Å². The van der Waals surface area contributed by atoms with Gasteiger partial charge in [0.15, 0.2) is 12.1 Å². The molecule has 0 radical (unpaired) electrons. The summed E-state index contributed by atoms with van der Waals surface area (Å²) in [6.45, 7) is 12.0. The second-order valence-electron chi connectivity index (χ2n) is 17.6. The average Bonchev–Trinajstić information content (AvgIpc) is 3.95. The first kappa shape index (κ1) is 45.6. The van der Waals surface area contributed by atoms with Gasteiger partial charge in [-0.1, -0.05) is 32.1 Å². The van der Waals surface area contributed by atoms with Crippen LogP contribution in [0.5, 0.6) is 0 Å². The van der Waals surface area contributed by atoms with Crippen LogP contribution in [-0.4, -0.2) is 146 Å². The van der Waals surface area contributed by atoms with Gasteiger partial charge in [-0.2, -0.15) is 0 Å². The molecule has 0 spiro atoms. The Morgan fingerprint density at radius 3 is 2.48 bits per heavy atom. The van der Waals surface area contributed by atoms with E-state index in [1.165, 1.54) is 43.9 Å². The molecule has 2 aromatic rings. The smallest absolute Gasteiger partial charge is 0.414 e. The van der Waals surface area contributed by atoms with Crippen LogP contribution >= 0.6 is 0 Å². The number of likely N-dealkylation sites (N-methyl/N-ethyl adjacent to an activating group) is 1. The predicted octanol–water partition coefficient (Wildman–Crippen LogP) is 2.46. The standard InChI is InChI=1S/C42H60FN5O12/c1-9-32-42(7,55)36(52)23(3)34(50)26-17-41(6,56-21-26)37(24(4)33(49)25(5)38(53)59-32)60-39-35(51)31(15-22(2)57-39)46(8)14-13-28-18-47(45-44-28)19-30-20-48(40(54)58-30)29-12-10-11-27(43)16-29/h10-12,16,18,22-26,30-32,35-37,39,51-52,55H,9,13-15,17,19-21H2,1-8H3/t22-,23+,24+,25-,26+,30+,31+,32-,35-,36-,37-,39+,41-,42-/m1/s1. The van der Waals surface area contributed by atoms with E-state index in [0.29, 0.717) is 30.8 Å². The number of Topliss-reactive ketones (excluding diaryl/α,β-unsaturated/α-hetero) is 2. The number of rotatable bonds is 10. The van der Waals surface area contributed by atoms with Crippen LogP contribution in [0, 0.1) is 29.5 Å². The maximum atomic E-state index is 14.1. The van der Waals surface area contributed by atoms with Crippen LogP contribution in [0.1, 0.15) is 73.4 Å². The SMILES string of the molecule is CC[C@H]1OC(=O)[C@H](C)C(=O)[C@H](C)[C@@H](O[C@@H]2O[C@H](C)C[C@H](N(C)CCc3cn(C[C@H]4CN(c5cccc(F)c5)C(=O)O4)nn3)[C@H]2O)[C@@]2(C)C[C@@H](CO2)C(=O)[C@H](C)[C@@H](O)[C@]1(C)O. The Kier molecular flexibility index (Phi) is 13.8. The highest BCUT2D eigenvalue weighted by Crippen LogP contribution is 2.42. The van der Waals surface area contributed by atoms with Crippen molar-refractivity contribution >= 4 is 29.3 Å². The van der Waals surface area contributed by atoms with Gasteiger partial charge < -0.3 is 43.9 Å². The van der Waals surface area contributed by atoms with Gasteiger partial charge in [0.25, 0.3) is 0 Å². The number of fused-ring (bicyclic) bond motifs is 2. The molecule has 332 valence electrons. The number of aliphatic hydroxyl groups excluding tert-OH is 2. The first-order valence-electron chi connectivity index (χ1n) is 20.9. The number of benzene rings is 1. The lowest BCUT2D eigenvalue weighted by molar-refractivity contribution is -0.293. The van der Waals surface area contributed by atoms with Gasteiger partial charge in [0.2, 0.25) is 0 Å². The van der Waals surface area contributed by atoms with Crippen molar-refractivity contribution in [3.8, 4) is 0 Å². The summed E-state index contributed by atoms with van der Waals surface area (Å²) in [7, 11) is 1.86. The number of hydrogen-bond acceptors (Lipinski definition) is 15. The molecule has 4 aliphatic rings. The van der Waals surface area contributed by atoms with Crippen molar-refractivity contribution in [2.75, 3.05) is 31.6 Å². The summed E-state index contributed by atoms with van der Waals surface area (Å²) in [4.78, 5) is 57.2. The Balaban J connectivity index is 1.13. The number of aliphatic hydroxyl groups is 3. The van der Waals surface area contributed by atoms with Crippen LogP contribution < -0.4 is 4.90 Å². The zero-order valence-corrected chi connectivity index (χ0v) is 35.6. The maximum absolute atomic E-state index is 14.1. The molecule has 0 aliphatic carbocycles. The number of ether oxygens (including phenoxy) is 5. The molecule has 14 atom stereocenters. The van der Waals surface area contributed by atoms with Crippen molar-refractivity contribution in [1.29, 1.82) is 0 Å². The van der Waals surface area contributed by atoms with Gasteiger partial charge in [0, 0.05) is 43.0 Å². The third-order valence-corrected chi connectivity index (χ3v) is 12.9. The summed E-state index contributed by atoms with van der Waals surface area (Å²) in [6.07, 6.45) is -4.85. The molecular weight excluding hydrogens is 785 g/mol. The Morgan fingerprint density at radius 1 is 1.05 bits per heavy atom. The molecule has 1 aromatic carbocycles. The second-order valence-corrected chi connectivity index (χ2v) is 17.6. The van der Waals surface area contributed by atoms with Gasteiger partial charge in [-0.3, -0.25) is 19.3 Å². The zero-order chi connectivity index (χ0) is 43.8. The van der Waals surface area contributed by atoms with Gasteiger partial charge in [-0.05, 0) is 72.2 Å². The van der Waals surface area contributed by atoms with E-state index in [4.69, 9.17) is 23.7 Å². The Labute approximate surface area is 349 Å². The number of esters is 1. The Bertz CT molecular complexity index is 1880. The number of nitrogens with zero attached hydrogens (tertiary/aromatic N) is 5. The summed E-state index contributed by atoms with van der Waals surface area (Å²) in [6, 6.07) is 5.28. The second kappa shape index (κ2) is 18.2. The zero-order valence-electron chi connectivity index (χ0n) is 35.6. The number of ketones is 2. The van der Waals surface area contributed by atoms with Crippen molar-refractivity contribution < 1.29 is 62.6 Å². The lowest BCUT2D eigenvalue weighted by atomic mass is 9.75. The summed E-state index contributed by atoms with van der Waals surface area (Å²) in [5, 5.41) is 43.0. The van der Waals surface area contributed by atoms with Gasteiger partial charge in [-0.25, -0.2) is 13.9 Å². The van der Waals surface area contributed by atoms with E-state index in [-0.39, 0.29) is 44.4 Å². The largest absolute Gasteiger partial charge is 0.459 e. The molecule has 4 aliphatic heterocycles. The van der Waals surface area contributed by atoms with Crippen molar-refractivity contribution in [2.45, 2.75) is 141 Å². The molecule has 6 rings (SSSR count). The number of aromatic nitrogens is 3. The predicted molar refractivity (Wildman–Crippen MR) is 211 cm³/mol. The molecular formula is C42H60FN5O12. The van der Waals surface area contributed by atoms with Crippen molar-refractivity contribution in [1.82, 2.24) is 19.9 Å². The van der Waals surface area contributed by atoms with E-state index < -0.39 is 101 Å². The molecule has 3 N–H and O–H groups in total. The summed E-state index contributed by atoms with van der Waals surface area (Å²) in [5.74, 6) is -6.26. The third kappa shape index (κ3) is 9.44. The molecule has 60 heavy (non-hydrogen) atoms. The summed E-state index contributed by atoms with van der Waals surface area (Å²) >= 11 is 0. The van der Waals surface area contributed by atoms with E-state index in [9.17, 15) is 38.9 Å². The van der Waals surface area contributed by atoms with Crippen LogP contribution in [0.2, 0.25) is 0 Å². The summed E-state index contributed by atoms with van der Waals surface area (Å²) < 4.78 is 45.6.